The Bertz CT molecular complexity index is 1570. The van der Waals surface area contributed by atoms with E-state index in [4.69, 9.17) is 14.7 Å². The highest BCUT2D eigenvalue weighted by Crippen LogP contribution is 2.43. The van der Waals surface area contributed by atoms with E-state index in [-0.39, 0.29) is 24.2 Å². The number of hydrogen-bond acceptors (Lipinski definition) is 7. The van der Waals surface area contributed by atoms with E-state index in [0.29, 0.717) is 19.0 Å². The second kappa shape index (κ2) is 11.3. The monoisotopic (exact) mass is 573 g/mol. The van der Waals surface area contributed by atoms with Gasteiger partial charge in [-0.05, 0) is 102 Å². The topological polar surface area (TPSA) is 122 Å². The summed E-state index contributed by atoms with van der Waals surface area (Å²) in [6, 6.07) is 12.2. The molecule has 10 nitrogen and oxygen atoms in total. The average Bonchev–Trinajstić information content (AvgIpc) is 3.75. The molecule has 2 saturated heterocycles. The highest BCUT2D eigenvalue weighted by atomic mass is 16.6. The zero-order valence-corrected chi connectivity index (χ0v) is 25.3. The number of nitrogens with one attached hydrogen (secondary N) is 3. The molecule has 2 fully saturated rings. The number of carbonyl (C=O) groups excluding carboxylic acids is 1. The smallest absolute Gasteiger partial charge is 0.410 e. The number of imidazole rings is 2. The summed E-state index contributed by atoms with van der Waals surface area (Å²) in [5.74, 6) is 1.73. The normalized spacial score (nSPS) is 22.3. The van der Waals surface area contributed by atoms with E-state index in [2.05, 4.69) is 45.6 Å². The van der Waals surface area contributed by atoms with E-state index < -0.39 is 5.60 Å². The van der Waals surface area contributed by atoms with Gasteiger partial charge in [-0.2, -0.15) is 5.06 Å². The Morgan fingerprint density at radius 3 is 2.24 bits per heavy atom. The van der Waals surface area contributed by atoms with Crippen LogP contribution in [0.15, 0.2) is 36.4 Å². The van der Waals surface area contributed by atoms with Gasteiger partial charge in [0, 0.05) is 6.54 Å². The van der Waals surface area contributed by atoms with Gasteiger partial charge in [0.25, 0.3) is 0 Å². The standard InChI is InChI=1S/C32H43N7O3/c1-6-26(38(7-2)31(40)42-32(3,4)5)30-35-22-13-11-20(18-25(22)37-30)28-15-14-27(39(28)41)19-10-12-21-24(17-19)36-29(34-21)23-9-8-16-33-23/h10-13,17-18,23,26-28,33,41H,6-9,14-16H2,1-5H3,(H,34,36)(H,35,37). The molecular weight excluding hydrogens is 530 g/mol. The first-order valence-corrected chi connectivity index (χ1v) is 15.3. The van der Waals surface area contributed by atoms with Crippen molar-refractivity contribution in [3.63, 3.8) is 0 Å². The van der Waals surface area contributed by atoms with E-state index >= 15 is 0 Å². The summed E-state index contributed by atoms with van der Waals surface area (Å²) < 4.78 is 5.67. The molecule has 0 aliphatic carbocycles. The number of H-pyrrole nitrogens is 2. The van der Waals surface area contributed by atoms with Crippen molar-refractivity contribution in [2.24, 2.45) is 0 Å². The van der Waals surface area contributed by atoms with E-state index in [1.807, 2.05) is 40.7 Å². The van der Waals surface area contributed by atoms with Crippen LogP contribution in [0.1, 0.15) is 114 Å². The van der Waals surface area contributed by atoms with Gasteiger partial charge in [-0.25, -0.2) is 14.8 Å². The molecule has 10 heteroatoms. The van der Waals surface area contributed by atoms with Gasteiger partial charge in [-0.3, -0.25) is 4.90 Å². The van der Waals surface area contributed by atoms with Crippen LogP contribution >= 0.6 is 0 Å². The van der Waals surface area contributed by atoms with Crippen molar-refractivity contribution >= 4 is 28.2 Å². The minimum Gasteiger partial charge on any atom is -0.444 e. The molecule has 224 valence electrons. The molecule has 4 heterocycles. The fraction of sp³-hybridized carbons (Fsp3) is 0.531. The van der Waals surface area contributed by atoms with E-state index in [1.165, 1.54) is 11.5 Å². The van der Waals surface area contributed by atoms with Crippen LogP contribution in [0.25, 0.3) is 22.1 Å². The Morgan fingerprint density at radius 2 is 1.67 bits per heavy atom. The summed E-state index contributed by atoms with van der Waals surface area (Å²) in [5.41, 5.74) is 5.25. The van der Waals surface area contributed by atoms with Crippen molar-refractivity contribution in [3.05, 3.63) is 59.2 Å². The fourth-order valence-corrected chi connectivity index (χ4v) is 6.54. The molecule has 0 radical (unpaired) electrons. The third kappa shape index (κ3) is 5.50. The fourth-order valence-electron chi connectivity index (χ4n) is 6.54. The minimum atomic E-state index is -0.569. The lowest BCUT2D eigenvalue weighted by atomic mass is 10.0. The van der Waals surface area contributed by atoms with Crippen LogP contribution in [0.4, 0.5) is 4.79 Å². The number of nitrogens with zero attached hydrogens (tertiary/aromatic N) is 4. The summed E-state index contributed by atoms with van der Waals surface area (Å²) in [4.78, 5) is 31.3. The lowest BCUT2D eigenvalue weighted by Gasteiger charge is -2.31. The number of hydrogen-bond donors (Lipinski definition) is 4. The molecule has 6 rings (SSSR count). The number of aromatic amines is 2. The maximum Gasteiger partial charge on any atom is 0.410 e. The Morgan fingerprint density at radius 1 is 1.02 bits per heavy atom. The molecular formula is C32H43N7O3. The Hall–Kier alpha value is -3.47. The minimum absolute atomic E-state index is 0.0970. The summed E-state index contributed by atoms with van der Waals surface area (Å²) in [6.07, 6.45) is 4.32. The predicted molar refractivity (Wildman–Crippen MR) is 162 cm³/mol. The zero-order valence-electron chi connectivity index (χ0n) is 25.3. The highest BCUT2D eigenvalue weighted by molar-refractivity contribution is 5.77. The lowest BCUT2D eigenvalue weighted by molar-refractivity contribution is -0.137. The van der Waals surface area contributed by atoms with Crippen LogP contribution in [0, 0.1) is 0 Å². The number of amides is 1. The van der Waals surface area contributed by atoms with Crippen molar-refractivity contribution < 1.29 is 14.7 Å². The van der Waals surface area contributed by atoms with Crippen LogP contribution in [0.3, 0.4) is 0 Å². The second-order valence-electron chi connectivity index (χ2n) is 12.6. The zero-order chi connectivity index (χ0) is 29.6. The van der Waals surface area contributed by atoms with Crippen molar-refractivity contribution in [2.75, 3.05) is 13.1 Å². The third-order valence-electron chi connectivity index (χ3n) is 8.61. The molecule has 2 aliphatic rings. The Balaban J connectivity index is 1.21. The molecule has 2 aromatic heterocycles. The molecule has 4 unspecified atom stereocenters. The average molecular weight is 574 g/mol. The summed E-state index contributed by atoms with van der Waals surface area (Å²) >= 11 is 0. The van der Waals surface area contributed by atoms with Crippen LogP contribution < -0.4 is 5.32 Å². The first-order chi connectivity index (χ1) is 20.1. The number of fused-ring (bicyclic) bond motifs is 2. The molecule has 0 bridgehead atoms. The lowest BCUT2D eigenvalue weighted by Crippen LogP contribution is -2.39. The van der Waals surface area contributed by atoms with Gasteiger partial charge in [-0.15, -0.1) is 0 Å². The molecule has 42 heavy (non-hydrogen) atoms. The van der Waals surface area contributed by atoms with Crippen molar-refractivity contribution in [2.45, 2.75) is 96.5 Å². The summed E-state index contributed by atoms with van der Waals surface area (Å²) in [6.45, 7) is 11.2. The van der Waals surface area contributed by atoms with E-state index in [9.17, 15) is 10.0 Å². The number of benzene rings is 2. The van der Waals surface area contributed by atoms with Crippen LogP contribution in [0.2, 0.25) is 0 Å². The van der Waals surface area contributed by atoms with Gasteiger partial charge in [0.15, 0.2) is 0 Å². The number of rotatable bonds is 7. The molecule has 0 saturated carbocycles. The highest BCUT2D eigenvalue weighted by Gasteiger charge is 2.35. The Labute approximate surface area is 246 Å². The number of ether oxygens (including phenoxy) is 1. The van der Waals surface area contributed by atoms with Gasteiger partial charge in [0.1, 0.15) is 17.2 Å². The van der Waals surface area contributed by atoms with E-state index in [1.54, 1.807) is 4.90 Å². The summed E-state index contributed by atoms with van der Waals surface area (Å²) in [5, 5.41) is 16.4. The molecule has 2 aromatic carbocycles. The van der Waals surface area contributed by atoms with Crippen LogP contribution in [-0.4, -0.2) is 59.9 Å². The van der Waals surface area contributed by atoms with Crippen LogP contribution in [-0.2, 0) is 4.74 Å². The van der Waals surface area contributed by atoms with Gasteiger partial charge in [0.2, 0.25) is 0 Å². The predicted octanol–water partition coefficient (Wildman–Crippen LogP) is 6.84. The van der Waals surface area contributed by atoms with Gasteiger partial charge in [0.05, 0.1) is 46.2 Å². The van der Waals surface area contributed by atoms with Crippen LogP contribution in [0.5, 0.6) is 0 Å². The number of hydroxylamine groups is 2. The number of carbonyl (C=O) groups is 1. The SMILES string of the molecule is CCC(c1nc2ccc(C3CCC(c4ccc5nc(C6CCCN6)[nH]c5c4)N3O)cc2[nH]1)N(CC)C(=O)OC(C)(C)C. The molecule has 0 spiro atoms. The molecule has 4 atom stereocenters. The van der Waals surface area contributed by atoms with E-state index in [0.717, 1.165) is 70.6 Å². The maximum absolute atomic E-state index is 12.9. The maximum atomic E-state index is 12.9. The Kier molecular flexibility index (Phi) is 7.72. The first kappa shape index (κ1) is 28.6. The van der Waals surface area contributed by atoms with Gasteiger partial charge < -0.3 is 25.2 Å². The molecule has 2 aliphatic heterocycles. The quantitative estimate of drug-likeness (QED) is 0.191. The first-order valence-electron chi connectivity index (χ1n) is 15.3. The van der Waals surface area contributed by atoms with Gasteiger partial charge >= 0.3 is 6.09 Å². The van der Waals surface area contributed by atoms with Crippen molar-refractivity contribution in [3.8, 4) is 0 Å². The van der Waals surface area contributed by atoms with Crippen molar-refractivity contribution in [1.29, 1.82) is 0 Å². The third-order valence-corrected chi connectivity index (χ3v) is 8.61. The molecule has 4 aromatic rings. The van der Waals surface area contributed by atoms with Gasteiger partial charge in [-0.1, -0.05) is 19.1 Å². The second-order valence-corrected chi connectivity index (χ2v) is 12.6. The molecule has 1 amide bonds. The molecule has 4 N–H and O–H groups in total. The van der Waals surface area contributed by atoms with Crippen molar-refractivity contribution in [1.82, 2.24) is 35.2 Å². The summed E-state index contributed by atoms with van der Waals surface area (Å²) in [7, 11) is 0. The number of aromatic nitrogens is 4. The largest absolute Gasteiger partial charge is 0.444 e.